The number of phenols is 1. The van der Waals surface area contributed by atoms with Gasteiger partial charge in [0.1, 0.15) is 17.7 Å². The minimum atomic E-state index is -0.280. The molecule has 9 heteroatoms. The van der Waals surface area contributed by atoms with Crippen molar-refractivity contribution in [3.63, 3.8) is 0 Å². The SMILES string of the molecule is COc1cc(C(=O)c2ccc(-c3nccs3)cc2-n2cncn2)cc(OC)c1O. The van der Waals surface area contributed by atoms with Crippen molar-refractivity contribution >= 4 is 17.1 Å². The molecule has 0 saturated carbocycles. The third-order valence-electron chi connectivity index (χ3n) is 4.33. The number of thiazole rings is 1. The van der Waals surface area contributed by atoms with E-state index in [0.29, 0.717) is 16.8 Å². The van der Waals surface area contributed by atoms with Gasteiger partial charge in [-0.2, -0.15) is 5.10 Å². The van der Waals surface area contributed by atoms with Gasteiger partial charge in [0.15, 0.2) is 17.3 Å². The van der Waals surface area contributed by atoms with Crippen molar-refractivity contribution in [1.29, 1.82) is 0 Å². The summed E-state index contributed by atoms with van der Waals surface area (Å²) in [6.45, 7) is 0. The van der Waals surface area contributed by atoms with Crippen molar-refractivity contribution in [2.75, 3.05) is 14.2 Å². The molecular formula is C20H16N4O4S. The number of aromatic nitrogens is 4. The lowest BCUT2D eigenvalue weighted by atomic mass is 9.99. The van der Waals surface area contributed by atoms with Crippen molar-refractivity contribution in [2.45, 2.75) is 0 Å². The highest BCUT2D eigenvalue weighted by Crippen LogP contribution is 2.38. The number of hydrogen-bond donors (Lipinski definition) is 1. The van der Waals surface area contributed by atoms with E-state index in [2.05, 4.69) is 15.1 Å². The minimum absolute atomic E-state index is 0.148. The standard InChI is InChI=1S/C20H16N4O4S/c1-27-16-8-13(9-17(28-2)19(16)26)18(25)14-4-3-12(20-22-5-6-29-20)7-15(14)24-11-21-10-23-24/h3-11,26H,1-2H3. The zero-order valence-corrected chi connectivity index (χ0v) is 16.4. The van der Waals surface area contributed by atoms with Crippen LogP contribution in [-0.2, 0) is 0 Å². The maximum Gasteiger partial charge on any atom is 0.200 e. The maximum absolute atomic E-state index is 13.3. The monoisotopic (exact) mass is 408 g/mol. The Labute approximate surface area is 170 Å². The van der Waals surface area contributed by atoms with Crippen molar-refractivity contribution in [3.8, 4) is 33.5 Å². The number of aromatic hydroxyl groups is 1. The molecular weight excluding hydrogens is 392 g/mol. The van der Waals surface area contributed by atoms with Crippen LogP contribution in [0.5, 0.6) is 17.2 Å². The van der Waals surface area contributed by atoms with Crippen LogP contribution in [0.15, 0.2) is 54.6 Å². The minimum Gasteiger partial charge on any atom is -0.502 e. The van der Waals surface area contributed by atoms with E-state index in [4.69, 9.17) is 9.47 Å². The third kappa shape index (κ3) is 3.43. The molecule has 0 fully saturated rings. The van der Waals surface area contributed by atoms with Gasteiger partial charge >= 0.3 is 0 Å². The molecule has 2 aromatic heterocycles. The normalized spacial score (nSPS) is 10.7. The van der Waals surface area contributed by atoms with E-state index < -0.39 is 0 Å². The molecule has 0 unspecified atom stereocenters. The van der Waals surface area contributed by atoms with Crippen LogP contribution < -0.4 is 9.47 Å². The van der Waals surface area contributed by atoms with Gasteiger partial charge in [0.25, 0.3) is 0 Å². The van der Waals surface area contributed by atoms with Crippen molar-refractivity contribution in [3.05, 3.63) is 65.7 Å². The average Bonchev–Trinajstić information content (AvgIpc) is 3.47. The molecule has 29 heavy (non-hydrogen) atoms. The quantitative estimate of drug-likeness (QED) is 0.489. The van der Waals surface area contributed by atoms with E-state index in [1.807, 2.05) is 17.5 Å². The molecule has 1 N–H and O–H groups in total. The lowest BCUT2D eigenvalue weighted by molar-refractivity contribution is 0.103. The topological polar surface area (TPSA) is 99.4 Å². The number of hydrogen-bond acceptors (Lipinski definition) is 8. The summed E-state index contributed by atoms with van der Waals surface area (Å²) >= 11 is 1.50. The van der Waals surface area contributed by atoms with Crippen LogP contribution >= 0.6 is 11.3 Å². The summed E-state index contributed by atoms with van der Waals surface area (Å²) in [4.78, 5) is 21.6. The highest BCUT2D eigenvalue weighted by molar-refractivity contribution is 7.13. The van der Waals surface area contributed by atoms with E-state index in [-0.39, 0.29) is 23.0 Å². The Morgan fingerprint density at radius 2 is 1.90 bits per heavy atom. The number of nitrogens with zero attached hydrogens (tertiary/aromatic N) is 4. The van der Waals surface area contributed by atoms with Crippen LogP contribution in [0.2, 0.25) is 0 Å². The summed E-state index contributed by atoms with van der Waals surface area (Å²) < 4.78 is 11.9. The molecule has 0 aliphatic heterocycles. The third-order valence-corrected chi connectivity index (χ3v) is 5.15. The molecule has 2 heterocycles. The maximum atomic E-state index is 13.3. The fourth-order valence-electron chi connectivity index (χ4n) is 2.92. The van der Waals surface area contributed by atoms with Gasteiger partial charge in [0.2, 0.25) is 5.75 Å². The van der Waals surface area contributed by atoms with Crippen LogP contribution in [0.3, 0.4) is 0 Å². The summed E-state index contributed by atoms with van der Waals surface area (Å²) in [6.07, 6.45) is 4.65. The zero-order chi connectivity index (χ0) is 20.4. The van der Waals surface area contributed by atoms with Gasteiger partial charge in [-0.1, -0.05) is 6.07 Å². The average molecular weight is 408 g/mol. The van der Waals surface area contributed by atoms with E-state index in [1.54, 1.807) is 12.3 Å². The molecule has 8 nitrogen and oxygen atoms in total. The summed E-state index contributed by atoms with van der Waals surface area (Å²) in [5, 5.41) is 17.0. The number of ether oxygens (including phenoxy) is 2. The Hall–Kier alpha value is -3.72. The highest BCUT2D eigenvalue weighted by Gasteiger charge is 2.21. The van der Waals surface area contributed by atoms with Gasteiger partial charge in [-0.3, -0.25) is 4.79 Å². The fourth-order valence-corrected chi connectivity index (χ4v) is 3.56. The molecule has 0 radical (unpaired) electrons. The number of methoxy groups -OCH3 is 2. The van der Waals surface area contributed by atoms with E-state index in [9.17, 15) is 9.90 Å². The predicted molar refractivity (Wildman–Crippen MR) is 107 cm³/mol. The Balaban J connectivity index is 1.85. The predicted octanol–water partition coefficient (Wildman–Crippen LogP) is 3.34. The fraction of sp³-hybridized carbons (Fsp3) is 0.100. The Kier molecular flexibility index (Phi) is 4.96. The van der Waals surface area contributed by atoms with Crippen molar-refractivity contribution in [2.24, 2.45) is 0 Å². The number of rotatable bonds is 6. The number of carbonyl (C=O) groups is 1. The number of carbonyl (C=O) groups excluding carboxylic acids is 1. The molecule has 0 atom stereocenters. The molecule has 4 aromatic rings. The number of benzene rings is 2. The van der Waals surface area contributed by atoms with Gasteiger partial charge in [0.05, 0.1) is 19.9 Å². The second kappa shape index (κ2) is 7.72. The second-order valence-electron chi connectivity index (χ2n) is 5.97. The lowest BCUT2D eigenvalue weighted by Crippen LogP contribution is -2.09. The van der Waals surface area contributed by atoms with E-state index >= 15 is 0 Å². The number of phenolic OH excluding ortho intramolecular Hbond substituents is 1. The molecule has 0 aliphatic carbocycles. The largest absolute Gasteiger partial charge is 0.502 e. The Bertz CT molecular complexity index is 1130. The number of ketones is 1. The molecule has 2 aromatic carbocycles. The van der Waals surface area contributed by atoms with Crippen LogP contribution in [0.4, 0.5) is 0 Å². The molecule has 0 spiro atoms. The lowest BCUT2D eigenvalue weighted by Gasteiger charge is -2.13. The first kappa shape index (κ1) is 18.6. The van der Waals surface area contributed by atoms with Crippen LogP contribution in [0.25, 0.3) is 16.3 Å². The molecule has 0 saturated heterocycles. The summed E-state index contributed by atoms with van der Waals surface area (Å²) in [5.41, 5.74) is 2.14. The van der Waals surface area contributed by atoms with Gasteiger partial charge in [-0.15, -0.1) is 11.3 Å². The van der Waals surface area contributed by atoms with Crippen molar-refractivity contribution < 1.29 is 19.4 Å². The summed E-state index contributed by atoms with van der Waals surface area (Å²) in [5.74, 6) is -0.149. The van der Waals surface area contributed by atoms with Gasteiger partial charge in [-0.25, -0.2) is 14.6 Å². The van der Waals surface area contributed by atoms with Crippen LogP contribution in [0, 0.1) is 0 Å². The first-order valence-electron chi connectivity index (χ1n) is 8.51. The molecule has 4 rings (SSSR count). The Morgan fingerprint density at radius 3 is 2.48 bits per heavy atom. The smallest absolute Gasteiger partial charge is 0.200 e. The first-order valence-corrected chi connectivity index (χ1v) is 9.39. The van der Waals surface area contributed by atoms with E-state index in [1.165, 1.54) is 55.0 Å². The highest BCUT2D eigenvalue weighted by atomic mass is 32.1. The molecule has 0 amide bonds. The van der Waals surface area contributed by atoms with Crippen LogP contribution in [0.1, 0.15) is 15.9 Å². The molecule has 146 valence electrons. The van der Waals surface area contributed by atoms with Gasteiger partial charge in [-0.05, 0) is 24.3 Å². The zero-order valence-electron chi connectivity index (χ0n) is 15.6. The summed E-state index contributed by atoms with van der Waals surface area (Å²) in [7, 11) is 2.82. The first-order chi connectivity index (χ1) is 14.1. The Morgan fingerprint density at radius 1 is 1.14 bits per heavy atom. The van der Waals surface area contributed by atoms with E-state index in [0.717, 1.165) is 10.6 Å². The second-order valence-corrected chi connectivity index (χ2v) is 6.86. The molecule has 0 bridgehead atoms. The van der Waals surface area contributed by atoms with Crippen molar-refractivity contribution in [1.82, 2.24) is 19.7 Å². The van der Waals surface area contributed by atoms with Gasteiger partial charge in [0, 0.05) is 28.3 Å². The van der Waals surface area contributed by atoms with Crippen LogP contribution in [-0.4, -0.2) is 44.9 Å². The van der Waals surface area contributed by atoms with Gasteiger partial charge < -0.3 is 14.6 Å². The molecule has 0 aliphatic rings. The summed E-state index contributed by atoms with van der Waals surface area (Å²) in [6, 6.07) is 8.35.